The first-order chi connectivity index (χ1) is 9.13. The van der Waals surface area contributed by atoms with Gasteiger partial charge in [0.15, 0.2) is 0 Å². The zero-order chi connectivity index (χ0) is 13.7. The van der Waals surface area contributed by atoms with Crippen LogP contribution in [-0.4, -0.2) is 28.6 Å². The Kier molecular flexibility index (Phi) is 5.89. The van der Waals surface area contributed by atoms with Crippen LogP contribution in [0.1, 0.15) is 70.6 Å². The van der Waals surface area contributed by atoms with E-state index in [4.69, 9.17) is 16.9 Å². The van der Waals surface area contributed by atoms with Crippen molar-refractivity contribution in [1.82, 2.24) is 0 Å². The van der Waals surface area contributed by atoms with Crippen LogP contribution in [0.25, 0.3) is 0 Å². The monoisotopic (exact) mass is 302 g/mol. The van der Waals surface area contributed by atoms with Gasteiger partial charge in [0.05, 0.1) is 0 Å². The summed E-state index contributed by atoms with van der Waals surface area (Å²) in [6.07, 6.45) is 14.3. The number of carbonyl (C=O) groups is 1. The number of hydrogen-bond acceptors (Lipinski definition) is 2. The first kappa shape index (κ1) is 15.5. The summed E-state index contributed by atoms with van der Waals surface area (Å²) in [6.45, 7) is 0. The molecule has 2 fully saturated rings. The molecule has 0 radical (unpaired) electrons. The van der Waals surface area contributed by atoms with Crippen molar-refractivity contribution < 1.29 is 9.90 Å². The van der Waals surface area contributed by atoms with E-state index >= 15 is 0 Å². The highest BCUT2D eigenvalue weighted by atomic mass is 32.4. The van der Waals surface area contributed by atoms with Crippen LogP contribution >= 0.6 is 6.04 Å². The summed E-state index contributed by atoms with van der Waals surface area (Å²) >= 11 is 6.21. The Labute approximate surface area is 122 Å². The second-order valence-corrected chi connectivity index (χ2v) is 12.0. The highest BCUT2D eigenvalue weighted by Crippen LogP contribution is 2.63. The summed E-state index contributed by atoms with van der Waals surface area (Å²) in [5, 5.41) is 9.05. The van der Waals surface area contributed by atoms with E-state index in [0.29, 0.717) is 17.7 Å². The predicted molar refractivity (Wildman–Crippen MR) is 85.2 cm³/mol. The van der Waals surface area contributed by atoms with Crippen LogP contribution in [0.2, 0.25) is 0 Å². The van der Waals surface area contributed by atoms with Crippen LogP contribution < -0.4 is 0 Å². The second kappa shape index (κ2) is 7.22. The van der Waals surface area contributed by atoms with Crippen molar-refractivity contribution in [3.8, 4) is 0 Å². The molecular weight excluding hydrogens is 275 g/mol. The molecule has 2 rings (SSSR count). The largest absolute Gasteiger partial charge is 0.481 e. The molecular formula is C15H27O2PS. The second-order valence-electron chi connectivity index (χ2n) is 6.31. The van der Waals surface area contributed by atoms with Gasteiger partial charge >= 0.3 is 5.97 Å². The SMILES string of the molecule is O=C(O)CCP(=S)(C1CCCCC1)C1CCCCC1. The third-order valence-corrected chi connectivity index (χ3v) is 11.8. The molecule has 1 N–H and O–H groups in total. The molecule has 0 spiro atoms. The zero-order valence-corrected chi connectivity index (χ0v) is 13.6. The molecule has 19 heavy (non-hydrogen) atoms. The molecule has 2 aliphatic carbocycles. The molecule has 0 unspecified atom stereocenters. The van der Waals surface area contributed by atoms with Gasteiger partial charge in [-0.1, -0.05) is 50.3 Å². The van der Waals surface area contributed by atoms with E-state index in [-0.39, 0.29) is 0 Å². The lowest BCUT2D eigenvalue weighted by Crippen LogP contribution is -2.25. The lowest BCUT2D eigenvalue weighted by Gasteiger charge is -2.41. The quantitative estimate of drug-likeness (QED) is 0.754. The van der Waals surface area contributed by atoms with Crippen molar-refractivity contribution in [3.05, 3.63) is 0 Å². The van der Waals surface area contributed by atoms with Gasteiger partial charge in [0.25, 0.3) is 0 Å². The number of aliphatic carboxylic acids is 1. The summed E-state index contributed by atoms with van der Waals surface area (Å²) in [5.74, 6) is -0.652. The zero-order valence-electron chi connectivity index (χ0n) is 11.9. The van der Waals surface area contributed by atoms with Crippen LogP contribution in [0.3, 0.4) is 0 Å². The third-order valence-electron chi connectivity index (χ3n) is 5.06. The minimum atomic E-state index is -1.47. The van der Waals surface area contributed by atoms with E-state index in [1.54, 1.807) is 0 Å². The molecule has 0 saturated heterocycles. The Balaban J connectivity index is 2.10. The molecule has 0 aromatic rings. The number of carboxylic acids is 1. The number of rotatable bonds is 5. The van der Waals surface area contributed by atoms with Crippen LogP contribution in [0.5, 0.6) is 0 Å². The molecule has 2 saturated carbocycles. The molecule has 0 bridgehead atoms. The molecule has 0 aliphatic heterocycles. The first-order valence-corrected chi connectivity index (χ1v) is 11.1. The van der Waals surface area contributed by atoms with E-state index < -0.39 is 12.0 Å². The van der Waals surface area contributed by atoms with Gasteiger partial charge < -0.3 is 5.11 Å². The van der Waals surface area contributed by atoms with Gasteiger partial charge in [-0.25, -0.2) is 0 Å². The Morgan fingerprint density at radius 2 is 1.37 bits per heavy atom. The van der Waals surface area contributed by atoms with Crippen molar-refractivity contribution in [3.63, 3.8) is 0 Å². The van der Waals surface area contributed by atoms with E-state index in [1.165, 1.54) is 64.2 Å². The minimum absolute atomic E-state index is 0.310. The van der Waals surface area contributed by atoms with Crippen molar-refractivity contribution >= 4 is 23.8 Å². The average Bonchev–Trinajstić information content (AvgIpc) is 2.46. The summed E-state index contributed by atoms with van der Waals surface area (Å²) in [6, 6.07) is -1.47. The number of hydrogen-bond donors (Lipinski definition) is 1. The predicted octanol–water partition coefficient (Wildman–Crippen LogP) is 4.61. The third kappa shape index (κ3) is 4.04. The molecule has 0 amide bonds. The molecule has 0 aromatic heterocycles. The fraction of sp³-hybridized carbons (Fsp3) is 0.933. The Morgan fingerprint density at radius 1 is 0.947 bits per heavy atom. The first-order valence-electron chi connectivity index (χ1n) is 7.93. The van der Waals surface area contributed by atoms with Gasteiger partial charge in [0.2, 0.25) is 0 Å². The molecule has 110 valence electrons. The van der Waals surface area contributed by atoms with Gasteiger partial charge in [-0.3, -0.25) is 4.79 Å². The standard InChI is InChI=1S/C15H27O2PS/c16-15(17)11-12-18(19,13-7-3-1-4-8-13)14-9-5-2-6-10-14/h13-14H,1-12H2,(H,16,17). The average molecular weight is 302 g/mol. The Hall–Kier alpha value is 0.120. The van der Waals surface area contributed by atoms with Gasteiger partial charge in [0, 0.05) is 6.42 Å². The maximum absolute atomic E-state index is 11.0. The van der Waals surface area contributed by atoms with Crippen LogP contribution in [0, 0.1) is 0 Å². The van der Waals surface area contributed by atoms with Crippen LogP contribution in [0.15, 0.2) is 0 Å². The molecule has 0 heterocycles. The summed E-state index contributed by atoms with van der Waals surface area (Å²) in [4.78, 5) is 11.0. The van der Waals surface area contributed by atoms with Crippen LogP contribution in [-0.2, 0) is 16.6 Å². The van der Waals surface area contributed by atoms with Gasteiger partial charge in [-0.05, 0) is 49.2 Å². The molecule has 2 nitrogen and oxygen atoms in total. The van der Waals surface area contributed by atoms with Crippen LogP contribution in [0.4, 0.5) is 0 Å². The van der Waals surface area contributed by atoms with Gasteiger partial charge in [-0.15, -0.1) is 0 Å². The molecule has 0 atom stereocenters. The van der Waals surface area contributed by atoms with Crippen molar-refractivity contribution in [2.45, 2.75) is 81.9 Å². The summed E-state index contributed by atoms with van der Waals surface area (Å²) in [5.41, 5.74) is 1.41. The van der Waals surface area contributed by atoms with Crippen molar-refractivity contribution in [1.29, 1.82) is 0 Å². The topological polar surface area (TPSA) is 37.3 Å². The molecule has 4 heteroatoms. The maximum Gasteiger partial charge on any atom is 0.303 e. The van der Waals surface area contributed by atoms with Gasteiger partial charge in [0.1, 0.15) is 0 Å². The highest BCUT2D eigenvalue weighted by molar-refractivity contribution is 8.15. The maximum atomic E-state index is 11.0. The summed E-state index contributed by atoms with van der Waals surface area (Å²) < 4.78 is 0. The van der Waals surface area contributed by atoms with E-state index in [9.17, 15) is 4.79 Å². The highest BCUT2D eigenvalue weighted by Gasteiger charge is 2.37. The molecule has 0 aromatic carbocycles. The Morgan fingerprint density at radius 3 is 1.74 bits per heavy atom. The van der Waals surface area contributed by atoms with E-state index in [2.05, 4.69) is 0 Å². The minimum Gasteiger partial charge on any atom is -0.481 e. The summed E-state index contributed by atoms with van der Waals surface area (Å²) in [7, 11) is 0. The van der Waals surface area contributed by atoms with E-state index in [0.717, 1.165) is 6.16 Å². The fourth-order valence-electron chi connectivity index (χ4n) is 3.97. The van der Waals surface area contributed by atoms with E-state index in [1.807, 2.05) is 0 Å². The lowest BCUT2D eigenvalue weighted by molar-refractivity contribution is -0.136. The fourth-order valence-corrected chi connectivity index (χ4v) is 9.85. The molecule has 2 aliphatic rings. The van der Waals surface area contributed by atoms with Gasteiger partial charge in [-0.2, -0.15) is 0 Å². The van der Waals surface area contributed by atoms with Crippen molar-refractivity contribution in [2.75, 3.05) is 6.16 Å². The Bertz CT molecular complexity index is 322. The van der Waals surface area contributed by atoms with Crippen molar-refractivity contribution in [2.24, 2.45) is 0 Å². The number of carboxylic acid groups (broad SMARTS) is 1. The lowest BCUT2D eigenvalue weighted by atomic mass is 9.99. The smallest absolute Gasteiger partial charge is 0.303 e. The normalized spacial score (nSPS) is 23.4.